The first-order valence-electron chi connectivity index (χ1n) is 9.01. The number of carbonyl (C=O) groups is 1. The summed E-state index contributed by atoms with van der Waals surface area (Å²) in [5.74, 6) is -0.377. The lowest BCUT2D eigenvalue weighted by atomic mass is 10.0. The molecule has 1 atom stereocenters. The molecule has 138 valence electrons. The van der Waals surface area contributed by atoms with Crippen molar-refractivity contribution < 1.29 is 13.6 Å². The zero-order valence-corrected chi connectivity index (χ0v) is 15.0. The summed E-state index contributed by atoms with van der Waals surface area (Å²) in [5.41, 5.74) is 1.67. The summed E-state index contributed by atoms with van der Waals surface area (Å²) in [7, 11) is 1.97. The average Bonchev–Trinajstić information content (AvgIpc) is 2.64. The van der Waals surface area contributed by atoms with E-state index in [0.29, 0.717) is 25.1 Å². The zero-order chi connectivity index (χ0) is 18.5. The fourth-order valence-electron chi connectivity index (χ4n) is 3.43. The number of amides is 1. The van der Waals surface area contributed by atoms with Gasteiger partial charge in [-0.3, -0.25) is 9.69 Å². The molecule has 3 rings (SSSR count). The van der Waals surface area contributed by atoms with E-state index in [0.717, 1.165) is 24.9 Å². The Kier molecular flexibility index (Phi) is 5.99. The van der Waals surface area contributed by atoms with Gasteiger partial charge in [0.15, 0.2) is 0 Å². The Labute approximate surface area is 153 Å². The van der Waals surface area contributed by atoms with Gasteiger partial charge in [-0.1, -0.05) is 30.3 Å². The number of nitrogens with zero attached hydrogens (tertiary/aromatic N) is 2. The van der Waals surface area contributed by atoms with Crippen molar-refractivity contribution in [2.45, 2.75) is 25.3 Å². The standard InChI is InChI=1S/C21H24F2N2O/c1-24-13-14-25(15-20(24)18-6-2-3-7-19(18)23)21(26)8-4-5-16-9-11-17(22)12-10-16/h2-3,6-7,9-12,20H,4-5,8,13-15H2,1H3. The van der Waals surface area contributed by atoms with E-state index in [9.17, 15) is 13.6 Å². The van der Waals surface area contributed by atoms with E-state index in [2.05, 4.69) is 4.90 Å². The van der Waals surface area contributed by atoms with E-state index in [1.807, 2.05) is 18.0 Å². The van der Waals surface area contributed by atoms with E-state index in [1.165, 1.54) is 18.2 Å². The van der Waals surface area contributed by atoms with Crippen molar-refractivity contribution in [2.75, 3.05) is 26.7 Å². The van der Waals surface area contributed by atoms with Crippen LogP contribution in [-0.2, 0) is 11.2 Å². The normalized spacial score (nSPS) is 18.1. The van der Waals surface area contributed by atoms with Crippen molar-refractivity contribution in [1.82, 2.24) is 9.80 Å². The first-order chi connectivity index (χ1) is 12.5. The average molecular weight is 358 g/mol. The minimum Gasteiger partial charge on any atom is -0.339 e. The molecule has 1 saturated heterocycles. The number of carbonyl (C=O) groups excluding carboxylic acids is 1. The minimum atomic E-state index is -0.249. The third-order valence-electron chi connectivity index (χ3n) is 5.03. The SMILES string of the molecule is CN1CCN(C(=O)CCCc2ccc(F)cc2)CC1c1ccccc1F. The molecule has 0 radical (unpaired) electrons. The number of piperazine rings is 1. The molecular formula is C21H24F2N2O. The maximum atomic E-state index is 14.1. The highest BCUT2D eigenvalue weighted by atomic mass is 19.1. The topological polar surface area (TPSA) is 23.6 Å². The molecule has 1 heterocycles. The summed E-state index contributed by atoms with van der Waals surface area (Å²) in [5, 5.41) is 0. The van der Waals surface area contributed by atoms with Gasteiger partial charge >= 0.3 is 0 Å². The highest BCUT2D eigenvalue weighted by Crippen LogP contribution is 2.26. The van der Waals surface area contributed by atoms with Crippen molar-refractivity contribution in [3.63, 3.8) is 0 Å². The minimum absolute atomic E-state index is 0.0987. The molecule has 1 amide bonds. The second-order valence-electron chi connectivity index (χ2n) is 6.84. The van der Waals surface area contributed by atoms with Crippen LogP contribution in [0.4, 0.5) is 8.78 Å². The number of hydrogen-bond acceptors (Lipinski definition) is 2. The Bertz CT molecular complexity index is 748. The van der Waals surface area contributed by atoms with Gasteiger partial charge in [-0.25, -0.2) is 8.78 Å². The first kappa shape index (κ1) is 18.5. The number of hydrogen-bond donors (Lipinski definition) is 0. The van der Waals surface area contributed by atoms with Crippen LogP contribution in [0.5, 0.6) is 0 Å². The third-order valence-corrected chi connectivity index (χ3v) is 5.03. The lowest BCUT2D eigenvalue weighted by Gasteiger charge is -2.40. The van der Waals surface area contributed by atoms with Gasteiger partial charge in [-0.15, -0.1) is 0 Å². The lowest BCUT2D eigenvalue weighted by molar-refractivity contribution is -0.134. The summed E-state index contributed by atoms with van der Waals surface area (Å²) in [6.07, 6.45) is 1.92. The Balaban J connectivity index is 1.56. The van der Waals surface area contributed by atoms with Crippen LogP contribution in [0.15, 0.2) is 48.5 Å². The molecule has 1 aliphatic rings. The van der Waals surface area contributed by atoms with Gasteiger partial charge in [0.05, 0.1) is 6.04 Å². The maximum absolute atomic E-state index is 14.1. The van der Waals surface area contributed by atoms with E-state index < -0.39 is 0 Å². The van der Waals surface area contributed by atoms with Crippen LogP contribution in [-0.4, -0.2) is 42.4 Å². The van der Waals surface area contributed by atoms with Gasteiger partial charge in [0.2, 0.25) is 5.91 Å². The summed E-state index contributed by atoms with van der Waals surface area (Å²) >= 11 is 0. The molecule has 0 spiro atoms. The molecule has 1 unspecified atom stereocenters. The number of likely N-dealkylation sites (N-methyl/N-ethyl adjacent to an activating group) is 1. The Morgan fingerprint density at radius 1 is 1.08 bits per heavy atom. The molecule has 0 bridgehead atoms. The van der Waals surface area contributed by atoms with Gasteiger partial charge in [-0.2, -0.15) is 0 Å². The van der Waals surface area contributed by atoms with Crippen LogP contribution < -0.4 is 0 Å². The number of rotatable bonds is 5. The van der Waals surface area contributed by atoms with Crippen LogP contribution in [0.25, 0.3) is 0 Å². The first-order valence-corrected chi connectivity index (χ1v) is 9.01. The fraction of sp³-hybridized carbons (Fsp3) is 0.381. The van der Waals surface area contributed by atoms with E-state index >= 15 is 0 Å². The van der Waals surface area contributed by atoms with Crippen LogP contribution in [0.1, 0.15) is 30.0 Å². The van der Waals surface area contributed by atoms with E-state index in [-0.39, 0.29) is 23.6 Å². The largest absolute Gasteiger partial charge is 0.339 e. The van der Waals surface area contributed by atoms with E-state index in [4.69, 9.17) is 0 Å². The number of benzene rings is 2. The lowest BCUT2D eigenvalue weighted by Crippen LogP contribution is -2.49. The predicted octanol–water partition coefficient (Wildman–Crippen LogP) is 3.80. The Hall–Kier alpha value is -2.27. The van der Waals surface area contributed by atoms with Crippen molar-refractivity contribution in [1.29, 1.82) is 0 Å². The van der Waals surface area contributed by atoms with Gasteiger partial charge in [0, 0.05) is 31.6 Å². The van der Waals surface area contributed by atoms with Crippen molar-refractivity contribution >= 4 is 5.91 Å². The maximum Gasteiger partial charge on any atom is 0.222 e. The van der Waals surface area contributed by atoms with Crippen LogP contribution >= 0.6 is 0 Å². The van der Waals surface area contributed by atoms with Crippen molar-refractivity contribution in [2.24, 2.45) is 0 Å². The smallest absolute Gasteiger partial charge is 0.222 e. The summed E-state index contributed by atoms with van der Waals surface area (Å²) in [6.45, 7) is 1.90. The van der Waals surface area contributed by atoms with Gasteiger partial charge < -0.3 is 4.90 Å². The molecule has 0 N–H and O–H groups in total. The molecule has 0 saturated carbocycles. The van der Waals surface area contributed by atoms with Crippen molar-refractivity contribution in [3.05, 3.63) is 71.3 Å². The fourth-order valence-corrected chi connectivity index (χ4v) is 3.43. The summed E-state index contributed by atoms with van der Waals surface area (Å²) < 4.78 is 27.1. The highest BCUT2D eigenvalue weighted by molar-refractivity contribution is 5.76. The molecule has 0 aliphatic carbocycles. The molecule has 26 heavy (non-hydrogen) atoms. The number of halogens is 2. The predicted molar refractivity (Wildman–Crippen MR) is 97.7 cm³/mol. The van der Waals surface area contributed by atoms with Crippen LogP contribution in [0.3, 0.4) is 0 Å². The number of aryl methyl sites for hydroxylation is 1. The van der Waals surface area contributed by atoms with Crippen LogP contribution in [0, 0.1) is 11.6 Å². The Morgan fingerprint density at radius 2 is 1.81 bits per heavy atom. The summed E-state index contributed by atoms with van der Waals surface area (Å²) in [4.78, 5) is 16.5. The van der Waals surface area contributed by atoms with Crippen LogP contribution in [0.2, 0.25) is 0 Å². The van der Waals surface area contributed by atoms with Gasteiger partial charge in [0.25, 0.3) is 0 Å². The van der Waals surface area contributed by atoms with E-state index in [1.54, 1.807) is 24.3 Å². The molecule has 5 heteroatoms. The Morgan fingerprint density at radius 3 is 2.54 bits per heavy atom. The molecular weight excluding hydrogens is 334 g/mol. The molecule has 3 nitrogen and oxygen atoms in total. The molecule has 0 aromatic heterocycles. The van der Waals surface area contributed by atoms with Crippen molar-refractivity contribution in [3.8, 4) is 0 Å². The quantitative estimate of drug-likeness (QED) is 0.812. The monoisotopic (exact) mass is 358 g/mol. The zero-order valence-electron chi connectivity index (χ0n) is 15.0. The summed E-state index contributed by atoms with van der Waals surface area (Å²) in [6, 6.07) is 13.0. The molecule has 1 aliphatic heterocycles. The molecule has 2 aromatic rings. The second-order valence-corrected chi connectivity index (χ2v) is 6.84. The molecule has 1 fully saturated rings. The van der Waals surface area contributed by atoms with Gasteiger partial charge in [0.1, 0.15) is 11.6 Å². The molecule has 2 aromatic carbocycles. The van der Waals surface area contributed by atoms with Gasteiger partial charge in [-0.05, 0) is 43.7 Å². The highest BCUT2D eigenvalue weighted by Gasteiger charge is 2.29. The second kappa shape index (κ2) is 8.41. The third kappa shape index (κ3) is 4.47.